The van der Waals surface area contributed by atoms with Crippen molar-refractivity contribution in [3.63, 3.8) is 0 Å². The van der Waals surface area contributed by atoms with Crippen LogP contribution in [0.15, 0.2) is 4.99 Å². The molecule has 0 radical (unpaired) electrons. The van der Waals surface area contributed by atoms with E-state index in [1.807, 2.05) is 6.92 Å². The van der Waals surface area contributed by atoms with Gasteiger partial charge in [0.1, 0.15) is 0 Å². The van der Waals surface area contributed by atoms with Crippen LogP contribution in [0.4, 0.5) is 0 Å². The molecule has 0 aromatic heterocycles. The summed E-state index contributed by atoms with van der Waals surface area (Å²) in [5, 5.41) is 7.76. The Hall–Kier alpha value is -1.04. The van der Waals surface area contributed by atoms with Gasteiger partial charge in [0.2, 0.25) is 6.19 Å². The molecule has 0 aliphatic rings. The number of nitriles is 1. The van der Waals surface area contributed by atoms with E-state index in [1.54, 1.807) is 6.19 Å². The fourth-order valence-electron chi connectivity index (χ4n) is 0.135. The lowest BCUT2D eigenvalue weighted by atomic mass is 10.9. The summed E-state index contributed by atoms with van der Waals surface area (Å²) in [6, 6.07) is 0. The van der Waals surface area contributed by atoms with Crippen molar-refractivity contribution >= 4 is 6.40 Å². The van der Waals surface area contributed by atoms with E-state index in [4.69, 9.17) is 5.26 Å². The number of aliphatic imine (C=N–C) groups is 1. The Morgan fingerprint density at radius 3 is 3.14 bits per heavy atom. The zero-order chi connectivity index (χ0) is 5.54. The van der Waals surface area contributed by atoms with Crippen LogP contribution in [0.5, 0.6) is 0 Å². The molecule has 0 aromatic carbocycles. The van der Waals surface area contributed by atoms with Gasteiger partial charge in [0.15, 0.2) is 6.40 Å². The van der Waals surface area contributed by atoms with Gasteiger partial charge in [0.25, 0.3) is 0 Å². The summed E-state index contributed by atoms with van der Waals surface area (Å²) in [6.45, 7) is 2.38. The van der Waals surface area contributed by atoms with Gasteiger partial charge in [-0.15, -0.1) is 4.99 Å². The van der Waals surface area contributed by atoms with Gasteiger partial charge in [0, 0.05) is 0 Å². The van der Waals surface area contributed by atoms with Crippen molar-refractivity contribution in [1.82, 2.24) is 0 Å². The van der Waals surface area contributed by atoms with Gasteiger partial charge in [-0.1, -0.05) is 0 Å². The first-order valence-corrected chi connectivity index (χ1v) is 1.94. The topological polar surface area (TPSA) is 45.4 Å². The van der Waals surface area contributed by atoms with Crippen molar-refractivity contribution in [2.75, 3.05) is 6.61 Å². The number of rotatable bonds is 2. The van der Waals surface area contributed by atoms with E-state index >= 15 is 0 Å². The highest BCUT2D eigenvalue weighted by Gasteiger charge is 1.64. The largest absolute Gasteiger partial charge is 0.483 e. The summed E-state index contributed by atoms with van der Waals surface area (Å²) in [5.74, 6) is 0. The second-order valence-corrected chi connectivity index (χ2v) is 0.790. The van der Waals surface area contributed by atoms with Crippen LogP contribution < -0.4 is 0 Å². The third kappa shape index (κ3) is 4.96. The molecule has 0 heterocycles. The minimum atomic E-state index is 0.561. The van der Waals surface area contributed by atoms with E-state index < -0.39 is 0 Å². The summed E-state index contributed by atoms with van der Waals surface area (Å²) in [7, 11) is 0. The standard InChI is InChI=1S/C4H6N2O/c1-2-7-4-6-3-5/h4H,2H2,1H3/b6-4+. The maximum atomic E-state index is 7.76. The zero-order valence-electron chi connectivity index (χ0n) is 4.09. The molecule has 0 aliphatic heterocycles. The van der Waals surface area contributed by atoms with E-state index in [1.165, 1.54) is 0 Å². The molecule has 0 unspecified atom stereocenters. The number of nitrogens with zero attached hydrogens (tertiary/aromatic N) is 2. The lowest BCUT2D eigenvalue weighted by molar-refractivity contribution is 0.344. The monoisotopic (exact) mass is 98.0 g/mol. The maximum Gasteiger partial charge on any atom is 0.208 e. The Morgan fingerprint density at radius 2 is 2.71 bits per heavy atom. The first-order valence-electron chi connectivity index (χ1n) is 1.94. The molecular weight excluding hydrogens is 92.1 g/mol. The van der Waals surface area contributed by atoms with Crippen LogP contribution in [0.3, 0.4) is 0 Å². The molecule has 7 heavy (non-hydrogen) atoms. The number of hydrogen-bond acceptors (Lipinski definition) is 3. The smallest absolute Gasteiger partial charge is 0.208 e. The Kier molecular flexibility index (Phi) is 4.22. The Bertz CT molecular complexity index is 92.4. The van der Waals surface area contributed by atoms with Gasteiger partial charge in [-0.05, 0) is 6.92 Å². The van der Waals surface area contributed by atoms with Crippen LogP contribution in [0.1, 0.15) is 6.92 Å². The van der Waals surface area contributed by atoms with Gasteiger partial charge in [-0.2, -0.15) is 5.26 Å². The van der Waals surface area contributed by atoms with Gasteiger partial charge >= 0.3 is 0 Å². The molecule has 0 N–H and O–H groups in total. The fraction of sp³-hybridized carbons (Fsp3) is 0.500. The molecular formula is C4H6N2O. The Labute approximate surface area is 42.2 Å². The molecule has 0 spiro atoms. The van der Waals surface area contributed by atoms with Crippen molar-refractivity contribution in [3.8, 4) is 6.19 Å². The Morgan fingerprint density at radius 1 is 2.00 bits per heavy atom. The van der Waals surface area contributed by atoms with E-state index in [0.29, 0.717) is 6.61 Å². The SMILES string of the molecule is CCO/C=N/C#N. The maximum absolute atomic E-state index is 7.76. The number of hydrogen-bond donors (Lipinski definition) is 0. The molecule has 38 valence electrons. The second kappa shape index (κ2) is 4.96. The first kappa shape index (κ1) is 5.96. The van der Waals surface area contributed by atoms with Crippen LogP contribution >= 0.6 is 0 Å². The number of ether oxygens (including phenoxy) is 1. The van der Waals surface area contributed by atoms with E-state index in [0.717, 1.165) is 6.40 Å². The molecule has 0 aliphatic carbocycles. The predicted octanol–water partition coefficient (Wildman–Crippen LogP) is 0.532. The molecule has 0 bridgehead atoms. The third-order valence-corrected chi connectivity index (χ3v) is 0.352. The molecule has 0 saturated carbocycles. The normalized spacial score (nSPS) is 8.57. The minimum Gasteiger partial charge on any atom is -0.483 e. The molecule has 0 atom stereocenters. The highest BCUT2D eigenvalue weighted by Crippen LogP contribution is 1.63. The Balaban J connectivity index is 2.97. The molecule has 0 aromatic rings. The van der Waals surface area contributed by atoms with E-state index in [2.05, 4.69) is 9.73 Å². The summed E-state index contributed by atoms with van der Waals surface area (Å²) in [4.78, 5) is 3.12. The first-order chi connectivity index (χ1) is 3.41. The summed E-state index contributed by atoms with van der Waals surface area (Å²) >= 11 is 0. The predicted molar refractivity (Wildman–Crippen MR) is 25.7 cm³/mol. The van der Waals surface area contributed by atoms with Gasteiger partial charge in [-0.3, -0.25) is 0 Å². The third-order valence-electron chi connectivity index (χ3n) is 0.352. The highest BCUT2D eigenvalue weighted by atomic mass is 16.5. The molecule has 0 fully saturated rings. The second-order valence-electron chi connectivity index (χ2n) is 0.790. The summed E-state index contributed by atoms with van der Waals surface area (Å²) in [6.07, 6.45) is 2.67. The van der Waals surface area contributed by atoms with Crippen molar-refractivity contribution in [2.45, 2.75) is 6.92 Å². The van der Waals surface area contributed by atoms with Crippen LogP contribution in [0.25, 0.3) is 0 Å². The molecule has 0 rings (SSSR count). The fourth-order valence-corrected chi connectivity index (χ4v) is 0.135. The molecule has 0 amide bonds. The lowest BCUT2D eigenvalue weighted by Crippen LogP contribution is -1.82. The van der Waals surface area contributed by atoms with Gasteiger partial charge in [-0.25, -0.2) is 0 Å². The average Bonchev–Trinajstić information content (AvgIpc) is 1.69. The van der Waals surface area contributed by atoms with Crippen molar-refractivity contribution in [1.29, 1.82) is 5.26 Å². The van der Waals surface area contributed by atoms with E-state index in [-0.39, 0.29) is 0 Å². The average molecular weight is 98.1 g/mol. The molecule has 0 saturated heterocycles. The van der Waals surface area contributed by atoms with Crippen molar-refractivity contribution in [3.05, 3.63) is 0 Å². The van der Waals surface area contributed by atoms with Crippen molar-refractivity contribution < 1.29 is 4.74 Å². The summed E-state index contributed by atoms with van der Waals surface area (Å²) < 4.78 is 4.56. The summed E-state index contributed by atoms with van der Waals surface area (Å²) in [5.41, 5.74) is 0. The van der Waals surface area contributed by atoms with Crippen LogP contribution in [0.2, 0.25) is 0 Å². The van der Waals surface area contributed by atoms with Crippen LogP contribution in [-0.4, -0.2) is 13.0 Å². The lowest BCUT2D eigenvalue weighted by Gasteiger charge is -1.84. The molecule has 3 heteroatoms. The zero-order valence-corrected chi connectivity index (χ0v) is 4.09. The van der Waals surface area contributed by atoms with E-state index in [9.17, 15) is 0 Å². The van der Waals surface area contributed by atoms with Gasteiger partial charge in [0.05, 0.1) is 6.61 Å². The molecule has 3 nitrogen and oxygen atoms in total. The van der Waals surface area contributed by atoms with Crippen molar-refractivity contribution in [2.24, 2.45) is 4.99 Å². The minimum absolute atomic E-state index is 0.561. The quantitative estimate of drug-likeness (QED) is 0.287. The van der Waals surface area contributed by atoms with Crippen LogP contribution in [0, 0.1) is 11.5 Å². The van der Waals surface area contributed by atoms with Crippen LogP contribution in [-0.2, 0) is 4.74 Å². The van der Waals surface area contributed by atoms with Gasteiger partial charge < -0.3 is 4.74 Å². The highest BCUT2D eigenvalue weighted by molar-refractivity contribution is 5.47.